The lowest BCUT2D eigenvalue weighted by Gasteiger charge is -2.09. The Kier molecular flexibility index (Phi) is 3.24. The average molecular weight is 328 g/mol. The lowest BCUT2D eigenvalue weighted by molar-refractivity contribution is 0.765. The summed E-state index contributed by atoms with van der Waals surface area (Å²) >= 11 is 2.98. The van der Waals surface area contributed by atoms with E-state index in [1.165, 1.54) is 23.1 Å². The minimum Gasteiger partial charge on any atom is -0.271 e. The molecule has 1 aromatic carbocycles. The number of benzene rings is 1. The van der Waals surface area contributed by atoms with E-state index in [4.69, 9.17) is 0 Å². The number of nitrogens with zero attached hydrogens (tertiary/aromatic N) is 4. The molecule has 0 amide bonds. The maximum Gasteiger partial charge on any atom is 0.273 e. The van der Waals surface area contributed by atoms with Gasteiger partial charge < -0.3 is 0 Å². The number of hydrogen-bond acceptors (Lipinski definition) is 5. The first-order valence-electron chi connectivity index (χ1n) is 6.72. The largest absolute Gasteiger partial charge is 0.273 e. The zero-order valence-electron chi connectivity index (χ0n) is 11.8. The van der Waals surface area contributed by atoms with Crippen LogP contribution in [0.15, 0.2) is 51.7 Å². The van der Waals surface area contributed by atoms with Crippen molar-refractivity contribution in [3.63, 3.8) is 0 Å². The Balaban J connectivity index is 2.05. The van der Waals surface area contributed by atoms with Gasteiger partial charge in [-0.1, -0.05) is 42.1 Å². The summed E-state index contributed by atoms with van der Waals surface area (Å²) < 4.78 is 4.39. The molecule has 0 N–H and O–H groups in total. The maximum absolute atomic E-state index is 12.8. The van der Waals surface area contributed by atoms with Crippen LogP contribution in [0.5, 0.6) is 0 Å². The van der Waals surface area contributed by atoms with E-state index in [0.29, 0.717) is 12.3 Å². The Hall–Kier alpha value is -2.12. The molecule has 0 aliphatic heterocycles. The summed E-state index contributed by atoms with van der Waals surface area (Å²) in [6.07, 6.45) is 1.96. The number of aromatic nitrogens is 4. The highest BCUT2D eigenvalue weighted by Gasteiger charge is 2.17. The van der Waals surface area contributed by atoms with Crippen molar-refractivity contribution in [2.24, 2.45) is 0 Å². The second-order valence-corrected chi connectivity index (χ2v) is 6.52. The summed E-state index contributed by atoms with van der Waals surface area (Å²) in [7, 11) is 0. The molecule has 5 nitrogen and oxygen atoms in total. The highest BCUT2D eigenvalue weighted by molar-refractivity contribution is 7.98. The highest BCUT2D eigenvalue weighted by atomic mass is 32.2. The van der Waals surface area contributed by atoms with Crippen molar-refractivity contribution in [2.45, 2.75) is 11.7 Å². The molecule has 0 aliphatic rings. The predicted molar refractivity (Wildman–Crippen MR) is 90.0 cm³/mol. The van der Waals surface area contributed by atoms with E-state index in [9.17, 15) is 4.79 Å². The molecule has 0 bridgehead atoms. The maximum atomic E-state index is 12.8. The van der Waals surface area contributed by atoms with Gasteiger partial charge in [0, 0.05) is 0 Å². The van der Waals surface area contributed by atoms with Crippen LogP contribution >= 0.6 is 23.1 Å². The van der Waals surface area contributed by atoms with Crippen molar-refractivity contribution in [3.05, 3.63) is 57.7 Å². The van der Waals surface area contributed by atoms with Gasteiger partial charge in [0.05, 0.1) is 12.1 Å². The summed E-state index contributed by atoms with van der Waals surface area (Å²) in [5.41, 5.74) is 1.93. The SMILES string of the molecule is CSc1nnc2n(Cc3ccccc3)c(=O)c3sccc3n12. The van der Waals surface area contributed by atoms with Crippen LogP contribution in [0.25, 0.3) is 16.0 Å². The van der Waals surface area contributed by atoms with Crippen LogP contribution in [0, 0.1) is 0 Å². The third-order valence-electron chi connectivity index (χ3n) is 3.55. The van der Waals surface area contributed by atoms with Crippen LogP contribution in [-0.4, -0.2) is 25.4 Å². The predicted octanol–water partition coefficient (Wildman–Crippen LogP) is 2.88. The molecule has 3 heterocycles. The molecule has 4 rings (SSSR count). The molecule has 0 aliphatic carbocycles. The molecule has 22 heavy (non-hydrogen) atoms. The fourth-order valence-electron chi connectivity index (χ4n) is 2.54. The number of thioether (sulfide) groups is 1. The van der Waals surface area contributed by atoms with Crippen molar-refractivity contribution in [1.29, 1.82) is 0 Å². The Bertz CT molecular complexity index is 1020. The Labute approximate surface area is 134 Å². The van der Waals surface area contributed by atoms with Gasteiger partial charge in [0.25, 0.3) is 5.56 Å². The summed E-state index contributed by atoms with van der Waals surface area (Å²) in [4.78, 5) is 12.8. The second-order valence-electron chi connectivity index (χ2n) is 4.83. The minimum atomic E-state index is -0.0126. The molecule has 110 valence electrons. The van der Waals surface area contributed by atoms with E-state index in [1.54, 1.807) is 4.57 Å². The van der Waals surface area contributed by atoms with E-state index in [1.807, 2.05) is 52.4 Å². The Morgan fingerprint density at radius 2 is 2.00 bits per heavy atom. The Morgan fingerprint density at radius 1 is 1.18 bits per heavy atom. The van der Waals surface area contributed by atoms with Gasteiger partial charge >= 0.3 is 0 Å². The van der Waals surface area contributed by atoms with Crippen molar-refractivity contribution in [1.82, 2.24) is 19.2 Å². The van der Waals surface area contributed by atoms with Gasteiger partial charge in [-0.25, -0.2) is 0 Å². The first-order valence-corrected chi connectivity index (χ1v) is 8.83. The number of hydrogen-bond donors (Lipinski definition) is 0. The molecule has 3 aromatic heterocycles. The van der Waals surface area contributed by atoms with Crippen LogP contribution in [0.4, 0.5) is 0 Å². The zero-order valence-corrected chi connectivity index (χ0v) is 13.4. The van der Waals surface area contributed by atoms with Crippen LogP contribution in [-0.2, 0) is 6.54 Å². The number of rotatable bonds is 3. The van der Waals surface area contributed by atoms with E-state index in [2.05, 4.69) is 10.2 Å². The minimum absolute atomic E-state index is 0.0126. The van der Waals surface area contributed by atoms with E-state index >= 15 is 0 Å². The van der Waals surface area contributed by atoms with Crippen LogP contribution in [0.2, 0.25) is 0 Å². The van der Waals surface area contributed by atoms with Crippen molar-refractivity contribution >= 4 is 39.1 Å². The third kappa shape index (κ3) is 1.97. The molecular formula is C15H12N4OS2. The fourth-order valence-corrected chi connectivity index (χ4v) is 3.85. The van der Waals surface area contributed by atoms with Gasteiger partial charge in [-0.05, 0) is 23.3 Å². The van der Waals surface area contributed by atoms with Crippen molar-refractivity contribution in [2.75, 3.05) is 6.26 Å². The third-order valence-corrected chi connectivity index (χ3v) is 5.07. The molecule has 0 atom stereocenters. The first kappa shape index (κ1) is 13.5. The zero-order chi connectivity index (χ0) is 15.1. The lowest BCUT2D eigenvalue weighted by Crippen LogP contribution is -2.23. The van der Waals surface area contributed by atoms with Gasteiger partial charge in [-0.2, -0.15) is 0 Å². The fraction of sp³-hybridized carbons (Fsp3) is 0.133. The topological polar surface area (TPSA) is 52.2 Å². The normalized spacial score (nSPS) is 11.5. The lowest BCUT2D eigenvalue weighted by atomic mass is 10.2. The molecule has 0 fully saturated rings. The van der Waals surface area contributed by atoms with E-state index in [0.717, 1.165) is 20.9 Å². The van der Waals surface area contributed by atoms with E-state index in [-0.39, 0.29) is 5.56 Å². The summed E-state index contributed by atoms with van der Waals surface area (Å²) in [6, 6.07) is 11.9. The summed E-state index contributed by atoms with van der Waals surface area (Å²) in [6.45, 7) is 0.490. The summed E-state index contributed by atoms with van der Waals surface area (Å²) in [5, 5.41) is 11.2. The van der Waals surface area contributed by atoms with Crippen molar-refractivity contribution < 1.29 is 0 Å². The molecule has 0 radical (unpaired) electrons. The average Bonchev–Trinajstić information content (AvgIpc) is 3.18. The number of fused-ring (bicyclic) bond motifs is 3. The molecule has 7 heteroatoms. The molecule has 0 spiro atoms. The van der Waals surface area contributed by atoms with Gasteiger partial charge in [-0.15, -0.1) is 21.5 Å². The second kappa shape index (κ2) is 5.26. The number of thiophene rings is 1. The summed E-state index contributed by atoms with van der Waals surface area (Å²) in [5.74, 6) is 0.587. The first-order chi connectivity index (χ1) is 10.8. The van der Waals surface area contributed by atoms with Gasteiger partial charge in [0.2, 0.25) is 5.78 Å². The molecule has 0 saturated heterocycles. The van der Waals surface area contributed by atoms with E-state index < -0.39 is 0 Å². The highest BCUT2D eigenvalue weighted by Crippen LogP contribution is 2.23. The standard InChI is InChI=1S/C15H12N4OS2/c1-21-15-17-16-14-18(9-10-5-3-2-4-6-10)13(20)12-11(19(14)15)7-8-22-12/h2-8H,9H2,1H3. The van der Waals surface area contributed by atoms with Crippen LogP contribution in [0.1, 0.15) is 5.56 Å². The van der Waals surface area contributed by atoms with Gasteiger partial charge in [-0.3, -0.25) is 13.8 Å². The van der Waals surface area contributed by atoms with Crippen LogP contribution in [0.3, 0.4) is 0 Å². The quantitative estimate of drug-likeness (QED) is 0.543. The van der Waals surface area contributed by atoms with Crippen LogP contribution < -0.4 is 5.56 Å². The van der Waals surface area contributed by atoms with Crippen molar-refractivity contribution in [3.8, 4) is 0 Å². The van der Waals surface area contributed by atoms with Gasteiger partial charge in [0.1, 0.15) is 4.70 Å². The molecular weight excluding hydrogens is 316 g/mol. The Morgan fingerprint density at radius 3 is 2.77 bits per heavy atom. The van der Waals surface area contributed by atoms with Gasteiger partial charge in [0.15, 0.2) is 5.16 Å². The molecule has 0 unspecified atom stereocenters. The monoisotopic (exact) mass is 328 g/mol. The smallest absolute Gasteiger partial charge is 0.271 e. The molecule has 4 aromatic rings. The molecule has 0 saturated carbocycles.